The average molecular weight is 274 g/mol. The number of hydrogen-bond donors (Lipinski definition) is 0. The highest BCUT2D eigenvalue weighted by Gasteiger charge is 2.04. The van der Waals surface area contributed by atoms with Crippen molar-refractivity contribution in [1.29, 1.82) is 0 Å². The summed E-state index contributed by atoms with van der Waals surface area (Å²) in [4.78, 5) is 0. The zero-order valence-electron chi connectivity index (χ0n) is 4.67. The molecule has 0 saturated carbocycles. The molecule has 10 heavy (non-hydrogen) atoms. The third-order valence-electron chi connectivity index (χ3n) is 0.963. The number of halogens is 4. The zero-order chi connectivity index (χ0) is 7.72. The minimum atomic E-state index is -0.590. The summed E-state index contributed by atoms with van der Waals surface area (Å²) >= 11 is 6.96. The molecular weight excluding hydrogens is 272 g/mol. The summed E-state index contributed by atoms with van der Waals surface area (Å²) in [7, 11) is 0. The van der Waals surface area contributed by atoms with Crippen LogP contribution in [-0.4, -0.2) is 0 Å². The molecule has 0 aromatic heterocycles. The summed E-state index contributed by atoms with van der Waals surface area (Å²) in [6, 6.07) is 2.01. The first-order valence-electron chi connectivity index (χ1n) is 2.41. The normalized spacial score (nSPS) is 10.0. The molecule has 0 saturated heterocycles. The van der Waals surface area contributed by atoms with Crippen LogP contribution in [0.25, 0.3) is 0 Å². The summed E-state index contributed by atoms with van der Waals surface area (Å²) in [5, 5.41) is -0.182. The van der Waals surface area contributed by atoms with Crippen LogP contribution in [0.5, 0.6) is 0 Å². The molecule has 0 fully saturated rings. The first-order chi connectivity index (χ1) is 4.61. The van der Waals surface area contributed by atoms with Gasteiger partial charge in [0.25, 0.3) is 0 Å². The Morgan fingerprint density at radius 2 is 1.80 bits per heavy atom. The molecule has 0 spiro atoms. The van der Waals surface area contributed by atoms with E-state index in [0.29, 0.717) is 0 Å². The molecule has 0 radical (unpaired) electrons. The van der Waals surface area contributed by atoms with E-state index in [-0.39, 0.29) is 8.59 Å². The molecule has 0 nitrogen and oxygen atoms in total. The van der Waals surface area contributed by atoms with Crippen LogP contribution < -0.4 is 0 Å². The van der Waals surface area contributed by atoms with Gasteiger partial charge in [0.15, 0.2) is 0 Å². The van der Waals surface area contributed by atoms with E-state index in [1.54, 1.807) is 22.6 Å². The highest BCUT2D eigenvalue weighted by molar-refractivity contribution is 14.1. The van der Waals surface area contributed by atoms with Gasteiger partial charge in [0.1, 0.15) is 11.6 Å². The third kappa shape index (κ3) is 1.58. The molecule has 0 amide bonds. The lowest BCUT2D eigenvalue weighted by Gasteiger charge is -1.95. The SMILES string of the molecule is Fc1cc(I)c(F)cc1Cl. The Morgan fingerprint density at radius 3 is 2.30 bits per heavy atom. The molecule has 4 heteroatoms. The van der Waals surface area contributed by atoms with Gasteiger partial charge in [-0.15, -0.1) is 0 Å². The lowest BCUT2D eigenvalue weighted by molar-refractivity contribution is 0.594. The van der Waals surface area contributed by atoms with E-state index >= 15 is 0 Å². The minimum absolute atomic E-state index is 0.182. The summed E-state index contributed by atoms with van der Waals surface area (Å²) in [5.74, 6) is -1.08. The summed E-state index contributed by atoms with van der Waals surface area (Å²) in [5.41, 5.74) is 0. The van der Waals surface area contributed by atoms with Gasteiger partial charge in [-0.3, -0.25) is 0 Å². The van der Waals surface area contributed by atoms with Crippen molar-refractivity contribution in [3.05, 3.63) is 32.4 Å². The predicted molar refractivity (Wildman–Crippen MR) is 44.1 cm³/mol. The Kier molecular flexibility index (Phi) is 2.46. The topological polar surface area (TPSA) is 0 Å². The molecule has 1 rings (SSSR count). The van der Waals surface area contributed by atoms with Crippen LogP contribution in [-0.2, 0) is 0 Å². The highest BCUT2D eigenvalue weighted by atomic mass is 127. The van der Waals surface area contributed by atoms with E-state index < -0.39 is 11.6 Å². The van der Waals surface area contributed by atoms with E-state index in [0.717, 1.165) is 12.1 Å². The van der Waals surface area contributed by atoms with E-state index in [2.05, 4.69) is 0 Å². The van der Waals surface area contributed by atoms with E-state index in [4.69, 9.17) is 11.6 Å². The van der Waals surface area contributed by atoms with Crippen molar-refractivity contribution in [2.24, 2.45) is 0 Å². The van der Waals surface area contributed by atoms with Gasteiger partial charge >= 0.3 is 0 Å². The molecule has 0 aliphatic carbocycles. The van der Waals surface area contributed by atoms with Gasteiger partial charge in [-0.2, -0.15) is 0 Å². The first kappa shape index (κ1) is 8.20. The van der Waals surface area contributed by atoms with Gasteiger partial charge in [-0.05, 0) is 34.7 Å². The second-order valence-electron chi connectivity index (χ2n) is 1.68. The van der Waals surface area contributed by atoms with Crippen molar-refractivity contribution in [2.75, 3.05) is 0 Å². The molecule has 0 aliphatic rings. The maximum Gasteiger partial charge on any atom is 0.143 e. The van der Waals surface area contributed by atoms with Crippen molar-refractivity contribution < 1.29 is 8.78 Å². The Morgan fingerprint density at radius 1 is 1.20 bits per heavy atom. The van der Waals surface area contributed by atoms with Crippen molar-refractivity contribution >= 4 is 34.2 Å². The second-order valence-corrected chi connectivity index (χ2v) is 3.25. The summed E-state index contributed by atoms with van der Waals surface area (Å²) in [6.45, 7) is 0. The average Bonchev–Trinajstić information content (AvgIpc) is 1.84. The number of hydrogen-bond acceptors (Lipinski definition) is 0. The maximum atomic E-state index is 12.5. The van der Waals surface area contributed by atoms with Gasteiger partial charge in [-0.1, -0.05) is 11.6 Å². The van der Waals surface area contributed by atoms with Crippen LogP contribution >= 0.6 is 34.2 Å². The fourth-order valence-corrected chi connectivity index (χ4v) is 1.08. The summed E-state index contributed by atoms with van der Waals surface area (Å²) < 4.78 is 25.2. The molecule has 0 N–H and O–H groups in total. The smallest absolute Gasteiger partial charge is 0.143 e. The largest absolute Gasteiger partial charge is 0.206 e. The molecule has 0 heterocycles. The Bertz CT molecular complexity index is 212. The van der Waals surface area contributed by atoms with Crippen LogP contribution in [0.4, 0.5) is 8.78 Å². The Balaban J connectivity index is 3.28. The van der Waals surface area contributed by atoms with Crippen LogP contribution in [0.1, 0.15) is 0 Å². The third-order valence-corrected chi connectivity index (χ3v) is 2.08. The van der Waals surface area contributed by atoms with Crippen molar-refractivity contribution in [2.45, 2.75) is 0 Å². The fourth-order valence-electron chi connectivity index (χ4n) is 0.498. The van der Waals surface area contributed by atoms with E-state index in [1.807, 2.05) is 0 Å². The molecule has 1 aromatic carbocycles. The summed E-state index contributed by atoms with van der Waals surface area (Å²) in [6.07, 6.45) is 0. The maximum absolute atomic E-state index is 12.5. The van der Waals surface area contributed by atoms with Crippen LogP contribution in [0.2, 0.25) is 5.02 Å². The molecule has 0 atom stereocenters. The van der Waals surface area contributed by atoms with Crippen LogP contribution in [0, 0.1) is 15.2 Å². The van der Waals surface area contributed by atoms with Gasteiger partial charge in [0.05, 0.1) is 8.59 Å². The Labute approximate surface area is 75.3 Å². The van der Waals surface area contributed by atoms with Gasteiger partial charge in [-0.25, -0.2) is 8.78 Å². The quantitative estimate of drug-likeness (QED) is 0.503. The monoisotopic (exact) mass is 274 g/mol. The Hall–Kier alpha value is 0.1000. The molecule has 0 aliphatic heterocycles. The van der Waals surface area contributed by atoms with Gasteiger partial charge in [0.2, 0.25) is 0 Å². The number of benzene rings is 1. The first-order valence-corrected chi connectivity index (χ1v) is 3.87. The van der Waals surface area contributed by atoms with E-state index in [9.17, 15) is 8.78 Å². The van der Waals surface area contributed by atoms with Crippen molar-refractivity contribution in [1.82, 2.24) is 0 Å². The predicted octanol–water partition coefficient (Wildman–Crippen LogP) is 3.22. The van der Waals surface area contributed by atoms with E-state index in [1.165, 1.54) is 0 Å². The minimum Gasteiger partial charge on any atom is -0.206 e. The molecule has 54 valence electrons. The van der Waals surface area contributed by atoms with Gasteiger partial charge in [0, 0.05) is 0 Å². The molecular formula is C6H2ClF2I. The number of rotatable bonds is 0. The highest BCUT2D eigenvalue weighted by Crippen LogP contribution is 2.19. The molecule has 0 unspecified atom stereocenters. The lowest BCUT2D eigenvalue weighted by Crippen LogP contribution is -1.84. The zero-order valence-corrected chi connectivity index (χ0v) is 7.58. The fraction of sp³-hybridized carbons (Fsp3) is 0. The molecule has 0 bridgehead atoms. The van der Waals surface area contributed by atoms with Gasteiger partial charge < -0.3 is 0 Å². The lowest BCUT2D eigenvalue weighted by atomic mass is 10.3. The van der Waals surface area contributed by atoms with Crippen LogP contribution in [0.3, 0.4) is 0 Å². The van der Waals surface area contributed by atoms with Crippen LogP contribution in [0.15, 0.2) is 12.1 Å². The second kappa shape index (κ2) is 3.00. The standard InChI is InChI=1S/C6H2ClF2I/c7-3-1-5(9)6(10)2-4(3)8/h1-2H. The van der Waals surface area contributed by atoms with Crippen molar-refractivity contribution in [3.8, 4) is 0 Å². The molecule has 1 aromatic rings. The van der Waals surface area contributed by atoms with Crippen molar-refractivity contribution in [3.63, 3.8) is 0 Å².